The fraction of sp³-hybridized carbons (Fsp3) is 0.357. The zero-order chi connectivity index (χ0) is 14.0. The van der Waals surface area contributed by atoms with Gasteiger partial charge in [-0.05, 0) is 12.0 Å². The molecule has 0 fully saturated rings. The molecule has 0 aliphatic carbocycles. The summed E-state index contributed by atoms with van der Waals surface area (Å²) >= 11 is 0. The summed E-state index contributed by atoms with van der Waals surface area (Å²) in [4.78, 5) is 25.7. The van der Waals surface area contributed by atoms with Crippen LogP contribution < -0.4 is 0 Å². The lowest BCUT2D eigenvalue weighted by molar-refractivity contribution is -0.383. The molecule has 2 rings (SSSR count). The number of carbonyl (C=O) groups is 1. The third-order valence-electron chi connectivity index (χ3n) is 3.41. The maximum atomic E-state index is 12.2. The normalized spacial score (nSPS) is 12.5. The number of Topliss-reactive ketones (excluding diaryl/α,β-unsaturated/α-hetero) is 1. The number of ketones is 1. The lowest BCUT2D eigenvalue weighted by atomic mass is 9.97. The van der Waals surface area contributed by atoms with E-state index in [1.54, 1.807) is 18.3 Å². The molecule has 1 heterocycles. The smallest absolute Gasteiger partial charge is 0.279 e. The van der Waals surface area contributed by atoms with Crippen molar-refractivity contribution in [1.82, 2.24) is 4.98 Å². The molecule has 0 spiro atoms. The summed E-state index contributed by atoms with van der Waals surface area (Å²) in [5.74, 6) is 0.232. The van der Waals surface area contributed by atoms with Crippen LogP contribution in [-0.4, -0.2) is 15.7 Å². The number of nitro benzene ring substituents is 1. The Morgan fingerprint density at radius 3 is 2.84 bits per heavy atom. The third-order valence-corrected chi connectivity index (χ3v) is 3.41. The van der Waals surface area contributed by atoms with Gasteiger partial charge in [0.1, 0.15) is 0 Å². The molecule has 0 saturated carbocycles. The number of nitrogens with zero attached hydrogens (tertiary/aromatic N) is 1. The van der Waals surface area contributed by atoms with E-state index in [-0.39, 0.29) is 17.4 Å². The van der Waals surface area contributed by atoms with Gasteiger partial charge >= 0.3 is 0 Å². The van der Waals surface area contributed by atoms with E-state index in [2.05, 4.69) is 4.98 Å². The third kappa shape index (κ3) is 2.50. The number of aromatic amines is 1. The minimum atomic E-state index is -0.448. The minimum Gasteiger partial charge on any atom is -0.360 e. The quantitative estimate of drug-likeness (QED) is 0.506. The number of carbonyl (C=O) groups excluding carboxylic acids is 1. The van der Waals surface area contributed by atoms with E-state index in [1.165, 1.54) is 6.07 Å². The molecule has 0 saturated heterocycles. The van der Waals surface area contributed by atoms with Crippen LogP contribution >= 0.6 is 0 Å². The van der Waals surface area contributed by atoms with Crippen LogP contribution in [0.2, 0.25) is 0 Å². The van der Waals surface area contributed by atoms with Crippen LogP contribution in [-0.2, 0) is 0 Å². The molecule has 0 bridgehead atoms. The number of fused-ring (bicyclic) bond motifs is 1. The van der Waals surface area contributed by atoms with Gasteiger partial charge in [0.05, 0.1) is 15.8 Å². The lowest BCUT2D eigenvalue weighted by Gasteiger charge is -2.06. The summed E-state index contributed by atoms with van der Waals surface area (Å²) in [5.41, 5.74) is 1.02. The van der Waals surface area contributed by atoms with Gasteiger partial charge < -0.3 is 4.98 Å². The van der Waals surface area contributed by atoms with Gasteiger partial charge in [0.2, 0.25) is 0 Å². The molecule has 2 aromatic rings. The summed E-state index contributed by atoms with van der Waals surface area (Å²) in [6, 6.07) is 4.78. The molecule has 0 aliphatic rings. The maximum absolute atomic E-state index is 12.2. The highest BCUT2D eigenvalue weighted by Crippen LogP contribution is 2.29. The average Bonchev–Trinajstić information content (AvgIpc) is 2.81. The van der Waals surface area contributed by atoms with E-state index >= 15 is 0 Å². The fourth-order valence-electron chi connectivity index (χ4n) is 2.11. The Kier molecular flexibility index (Phi) is 3.64. The van der Waals surface area contributed by atoms with Crippen molar-refractivity contribution in [3.05, 3.63) is 40.1 Å². The highest BCUT2D eigenvalue weighted by molar-refractivity contribution is 6.11. The first-order valence-corrected chi connectivity index (χ1v) is 6.32. The van der Waals surface area contributed by atoms with E-state index in [9.17, 15) is 14.9 Å². The SMILES string of the molecule is CCC(C)CC(=O)c1c[nH]c2cccc([N+](=O)[O-])c12. The number of aromatic nitrogens is 1. The number of rotatable bonds is 5. The fourth-order valence-corrected chi connectivity index (χ4v) is 2.11. The summed E-state index contributed by atoms with van der Waals surface area (Å²) in [5, 5.41) is 11.5. The van der Waals surface area contributed by atoms with Crippen molar-refractivity contribution in [1.29, 1.82) is 0 Å². The summed E-state index contributed by atoms with van der Waals surface area (Å²) < 4.78 is 0. The number of hydrogen-bond donors (Lipinski definition) is 1. The second-order valence-electron chi connectivity index (χ2n) is 4.80. The second-order valence-corrected chi connectivity index (χ2v) is 4.80. The largest absolute Gasteiger partial charge is 0.360 e. The number of hydrogen-bond acceptors (Lipinski definition) is 3. The van der Waals surface area contributed by atoms with Crippen molar-refractivity contribution in [3.8, 4) is 0 Å². The molecule has 0 radical (unpaired) electrons. The van der Waals surface area contributed by atoms with Crippen molar-refractivity contribution in [2.45, 2.75) is 26.7 Å². The van der Waals surface area contributed by atoms with Gasteiger partial charge in [-0.3, -0.25) is 14.9 Å². The zero-order valence-electron chi connectivity index (χ0n) is 11.0. The summed E-state index contributed by atoms with van der Waals surface area (Å²) in [6.07, 6.45) is 2.90. The first-order chi connectivity index (χ1) is 9.04. The first kappa shape index (κ1) is 13.3. The topological polar surface area (TPSA) is 76.0 Å². The average molecular weight is 260 g/mol. The predicted octanol–water partition coefficient (Wildman–Crippen LogP) is 3.70. The Morgan fingerprint density at radius 1 is 1.47 bits per heavy atom. The Morgan fingerprint density at radius 2 is 2.21 bits per heavy atom. The monoisotopic (exact) mass is 260 g/mol. The number of H-pyrrole nitrogens is 1. The maximum Gasteiger partial charge on any atom is 0.279 e. The van der Waals surface area contributed by atoms with Gasteiger partial charge in [0.25, 0.3) is 5.69 Å². The molecule has 0 amide bonds. The molecule has 19 heavy (non-hydrogen) atoms. The van der Waals surface area contributed by atoms with E-state index < -0.39 is 4.92 Å². The van der Waals surface area contributed by atoms with Crippen LogP contribution in [0.15, 0.2) is 24.4 Å². The van der Waals surface area contributed by atoms with Crippen molar-refractivity contribution in [3.63, 3.8) is 0 Å². The molecule has 100 valence electrons. The zero-order valence-corrected chi connectivity index (χ0v) is 11.0. The van der Waals surface area contributed by atoms with Crippen molar-refractivity contribution in [2.24, 2.45) is 5.92 Å². The van der Waals surface area contributed by atoms with E-state index in [0.29, 0.717) is 22.9 Å². The minimum absolute atomic E-state index is 0.0220. The Hall–Kier alpha value is -2.17. The molecule has 1 aromatic carbocycles. The van der Waals surface area contributed by atoms with Gasteiger partial charge in [0, 0.05) is 24.2 Å². The van der Waals surface area contributed by atoms with Crippen LogP contribution in [0.3, 0.4) is 0 Å². The Balaban J connectivity index is 2.49. The van der Waals surface area contributed by atoms with E-state index in [4.69, 9.17) is 0 Å². The second kappa shape index (κ2) is 5.22. The lowest BCUT2D eigenvalue weighted by Crippen LogP contribution is -2.05. The molecule has 1 atom stereocenters. The molecule has 5 heteroatoms. The number of nitrogens with one attached hydrogen (secondary N) is 1. The molecule has 0 aliphatic heterocycles. The van der Waals surface area contributed by atoms with Gasteiger partial charge in [-0.1, -0.05) is 26.3 Å². The number of benzene rings is 1. The number of nitro groups is 1. The van der Waals surface area contributed by atoms with Crippen molar-refractivity contribution in [2.75, 3.05) is 0 Å². The van der Waals surface area contributed by atoms with E-state index in [1.807, 2.05) is 13.8 Å². The molecule has 1 unspecified atom stereocenters. The van der Waals surface area contributed by atoms with Gasteiger partial charge in [0.15, 0.2) is 5.78 Å². The Bertz CT molecular complexity index is 631. The predicted molar refractivity (Wildman–Crippen MR) is 73.4 cm³/mol. The molecule has 1 N–H and O–H groups in total. The van der Waals surface area contributed by atoms with Gasteiger partial charge in [-0.25, -0.2) is 0 Å². The van der Waals surface area contributed by atoms with Crippen LogP contribution in [0.5, 0.6) is 0 Å². The highest BCUT2D eigenvalue weighted by Gasteiger charge is 2.21. The molecule has 1 aromatic heterocycles. The molecular formula is C14H16N2O3. The van der Waals surface area contributed by atoms with Gasteiger partial charge in [-0.2, -0.15) is 0 Å². The standard InChI is InChI=1S/C14H16N2O3/c1-3-9(2)7-13(17)10-8-15-11-5-4-6-12(14(10)11)16(18)19/h4-6,8-9,15H,3,7H2,1-2H3. The van der Waals surface area contributed by atoms with Crippen molar-refractivity contribution >= 4 is 22.4 Å². The van der Waals surface area contributed by atoms with Crippen LogP contribution in [0.4, 0.5) is 5.69 Å². The van der Waals surface area contributed by atoms with Crippen LogP contribution in [0.25, 0.3) is 10.9 Å². The van der Waals surface area contributed by atoms with Crippen LogP contribution in [0, 0.1) is 16.0 Å². The van der Waals surface area contributed by atoms with Crippen LogP contribution in [0.1, 0.15) is 37.0 Å². The molecule has 5 nitrogen and oxygen atoms in total. The summed E-state index contributed by atoms with van der Waals surface area (Å²) in [6.45, 7) is 4.02. The van der Waals surface area contributed by atoms with Gasteiger partial charge in [-0.15, -0.1) is 0 Å². The Labute approximate surface area is 110 Å². The first-order valence-electron chi connectivity index (χ1n) is 6.32. The van der Waals surface area contributed by atoms with Crippen molar-refractivity contribution < 1.29 is 9.72 Å². The molecular weight excluding hydrogens is 244 g/mol. The highest BCUT2D eigenvalue weighted by atomic mass is 16.6. The number of non-ortho nitro benzene ring substituents is 1. The summed E-state index contributed by atoms with van der Waals surface area (Å²) in [7, 11) is 0. The van der Waals surface area contributed by atoms with E-state index in [0.717, 1.165) is 6.42 Å².